The van der Waals surface area contributed by atoms with E-state index in [0.717, 1.165) is 17.9 Å². The Morgan fingerprint density at radius 2 is 2.35 bits per heavy atom. The van der Waals surface area contributed by atoms with Crippen molar-refractivity contribution >= 4 is 0 Å². The lowest BCUT2D eigenvalue weighted by atomic mass is 10.1. The fourth-order valence-corrected chi connectivity index (χ4v) is 1.51. The molecule has 17 heavy (non-hydrogen) atoms. The third-order valence-corrected chi connectivity index (χ3v) is 2.48. The molecule has 0 radical (unpaired) electrons. The van der Waals surface area contributed by atoms with Crippen LogP contribution in [0.15, 0.2) is 36.9 Å². The Balaban J connectivity index is 1.97. The number of hydrogen-bond acceptors (Lipinski definition) is 3. The first-order chi connectivity index (χ1) is 8.29. The van der Waals surface area contributed by atoms with Crippen LogP contribution in [0, 0.1) is 18.3 Å². The predicted octanol–water partition coefficient (Wildman–Crippen LogP) is 2.14. The van der Waals surface area contributed by atoms with Gasteiger partial charge in [-0.2, -0.15) is 5.26 Å². The summed E-state index contributed by atoms with van der Waals surface area (Å²) in [5.41, 5.74) is 1.66. The van der Waals surface area contributed by atoms with Crippen LogP contribution in [0.1, 0.15) is 11.1 Å². The van der Waals surface area contributed by atoms with Gasteiger partial charge in [0.2, 0.25) is 0 Å². The molecule has 1 heterocycles. The zero-order valence-corrected chi connectivity index (χ0v) is 9.63. The van der Waals surface area contributed by atoms with Gasteiger partial charge in [-0.15, -0.1) is 0 Å². The van der Waals surface area contributed by atoms with Crippen molar-refractivity contribution in [2.24, 2.45) is 0 Å². The third kappa shape index (κ3) is 2.85. The average Bonchev–Trinajstić information content (AvgIpc) is 2.84. The summed E-state index contributed by atoms with van der Waals surface area (Å²) in [6.07, 6.45) is 5.38. The molecule has 0 atom stereocenters. The van der Waals surface area contributed by atoms with E-state index in [1.165, 1.54) is 0 Å². The third-order valence-electron chi connectivity index (χ3n) is 2.48. The molecule has 2 rings (SSSR count). The van der Waals surface area contributed by atoms with Gasteiger partial charge in [-0.1, -0.05) is 6.07 Å². The topological polar surface area (TPSA) is 50.8 Å². The largest absolute Gasteiger partial charge is 0.491 e. The standard InChI is InChI=1S/C13H13N3O/c1-11-2-3-12(9-14)8-13(11)17-7-6-16-5-4-15-10-16/h2-5,8,10H,6-7H2,1H3. The maximum Gasteiger partial charge on any atom is 0.123 e. The molecule has 0 spiro atoms. The number of imidazole rings is 1. The summed E-state index contributed by atoms with van der Waals surface area (Å²) in [6.45, 7) is 3.27. The molecule has 4 nitrogen and oxygen atoms in total. The van der Waals surface area contributed by atoms with Crippen molar-refractivity contribution in [2.45, 2.75) is 13.5 Å². The van der Waals surface area contributed by atoms with E-state index in [1.54, 1.807) is 24.7 Å². The first-order valence-corrected chi connectivity index (χ1v) is 5.39. The average molecular weight is 227 g/mol. The molecule has 1 aromatic heterocycles. The van der Waals surface area contributed by atoms with Gasteiger partial charge in [0, 0.05) is 12.4 Å². The minimum absolute atomic E-state index is 0.562. The summed E-state index contributed by atoms with van der Waals surface area (Å²) >= 11 is 0. The van der Waals surface area contributed by atoms with Gasteiger partial charge in [0.15, 0.2) is 0 Å². The minimum atomic E-state index is 0.562. The molecule has 4 heteroatoms. The van der Waals surface area contributed by atoms with E-state index in [4.69, 9.17) is 10.00 Å². The highest BCUT2D eigenvalue weighted by Crippen LogP contribution is 2.19. The fraction of sp³-hybridized carbons (Fsp3) is 0.231. The highest BCUT2D eigenvalue weighted by Gasteiger charge is 2.01. The quantitative estimate of drug-likeness (QED) is 0.804. The Labute approximate surface area is 100 Å². The molecular weight excluding hydrogens is 214 g/mol. The first kappa shape index (κ1) is 11.2. The van der Waals surface area contributed by atoms with Crippen LogP contribution in [0.4, 0.5) is 0 Å². The van der Waals surface area contributed by atoms with Crippen molar-refractivity contribution in [3.8, 4) is 11.8 Å². The summed E-state index contributed by atoms with van der Waals surface area (Å²) in [6, 6.07) is 7.55. The van der Waals surface area contributed by atoms with E-state index in [9.17, 15) is 0 Å². The zero-order valence-electron chi connectivity index (χ0n) is 9.63. The normalized spacial score (nSPS) is 9.88. The molecule has 0 N–H and O–H groups in total. The monoisotopic (exact) mass is 227 g/mol. The van der Waals surface area contributed by atoms with Crippen LogP contribution in [-0.4, -0.2) is 16.2 Å². The second-order valence-corrected chi connectivity index (χ2v) is 3.74. The molecule has 0 unspecified atom stereocenters. The first-order valence-electron chi connectivity index (χ1n) is 5.39. The van der Waals surface area contributed by atoms with E-state index in [0.29, 0.717) is 12.2 Å². The van der Waals surface area contributed by atoms with E-state index in [2.05, 4.69) is 11.1 Å². The van der Waals surface area contributed by atoms with Crippen molar-refractivity contribution in [2.75, 3.05) is 6.61 Å². The number of hydrogen-bond donors (Lipinski definition) is 0. The second kappa shape index (κ2) is 5.17. The van der Waals surface area contributed by atoms with Crippen LogP contribution >= 0.6 is 0 Å². The van der Waals surface area contributed by atoms with Crippen LogP contribution in [0.3, 0.4) is 0 Å². The van der Waals surface area contributed by atoms with Gasteiger partial charge in [0.25, 0.3) is 0 Å². The summed E-state index contributed by atoms with van der Waals surface area (Å²) in [5.74, 6) is 0.768. The van der Waals surface area contributed by atoms with Crippen molar-refractivity contribution in [1.82, 2.24) is 9.55 Å². The molecule has 2 aromatic rings. The summed E-state index contributed by atoms with van der Waals surface area (Å²) in [4.78, 5) is 3.96. The molecule has 0 bridgehead atoms. The van der Waals surface area contributed by atoms with Crippen LogP contribution in [0.5, 0.6) is 5.75 Å². The lowest BCUT2D eigenvalue weighted by molar-refractivity contribution is 0.296. The van der Waals surface area contributed by atoms with E-state index in [1.807, 2.05) is 23.8 Å². The number of benzene rings is 1. The Morgan fingerprint density at radius 3 is 3.06 bits per heavy atom. The number of rotatable bonds is 4. The molecule has 0 saturated carbocycles. The molecule has 0 amide bonds. The van der Waals surface area contributed by atoms with Gasteiger partial charge in [-0.25, -0.2) is 4.98 Å². The molecule has 0 aliphatic carbocycles. The highest BCUT2D eigenvalue weighted by molar-refractivity contribution is 5.41. The Hall–Kier alpha value is -2.28. The maximum absolute atomic E-state index is 8.81. The second-order valence-electron chi connectivity index (χ2n) is 3.74. The summed E-state index contributed by atoms with van der Waals surface area (Å²) in [5, 5.41) is 8.81. The predicted molar refractivity (Wildman–Crippen MR) is 63.6 cm³/mol. The van der Waals surface area contributed by atoms with Crippen molar-refractivity contribution in [1.29, 1.82) is 5.26 Å². The van der Waals surface area contributed by atoms with E-state index < -0.39 is 0 Å². The van der Waals surface area contributed by atoms with E-state index >= 15 is 0 Å². The smallest absolute Gasteiger partial charge is 0.123 e. The number of aromatic nitrogens is 2. The summed E-state index contributed by atoms with van der Waals surface area (Å²) in [7, 11) is 0. The Bertz CT molecular complexity index is 526. The lowest BCUT2D eigenvalue weighted by Gasteiger charge is -2.09. The molecule has 86 valence electrons. The molecule has 0 aliphatic heterocycles. The number of nitrogens with zero attached hydrogens (tertiary/aromatic N) is 3. The number of nitriles is 1. The van der Waals surface area contributed by atoms with Crippen LogP contribution in [0.25, 0.3) is 0 Å². The zero-order chi connectivity index (χ0) is 12.1. The van der Waals surface area contributed by atoms with Gasteiger partial charge in [0.05, 0.1) is 24.5 Å². The van der Waals surface area contributed by atoms with Crippen LogP contribution in [0.2, 0.25) is 0 Å². The number of ether oxygens (including phenoxy) is 1. The molecule has 0 aliphatic rings. The minimum Gasteiger partial charge on any atom is -0.491 e. The van der Waals surface area contributed by atoms with Crippen LogP contribution < -0.4 is 4.74 Å². The Kier molecular flexibility index (Phi) is 3.41. The Morgan fingerprint density at radius 1 is 1.47 bits per heavy atom. The van der Waals surface area contributed by atoms with Crippen molar-refractivity contribution < 1.29 is 4.74 Å². The highest BCUT2D eigenvalue weighted by atomic mass is 16.5. The number of aryl methyl sites for hydroxylation is 1. The molecule has 1 aromatic carbocycles. The van der Waals surface area contributed by atoms with Crippen LogP contribution in [-0.2, 0) is 6.54 Å². The van der Waals surface area contributed by atoms with Gasteiger partial charge >= 0.3 is 0 Å². The molecule has 0 fully saturated rings. The molecule has 0 saturated heterocycles. The van der Waals surface area contributed by atoms with Crippen molar-refractivity contribution in [3.63, 3.8) is 0 Å². The maximum atomic E-state index is 8.81. The van der Waals surface area contributed by atoms with Crippen molar-refractivity contribution in [3.05, 3.63) is 48.0 Å². The van der Waals surface area contributed by atoms with E-state index in [-0.39, 0.29) is 0 Å². The fourth-order valence-electron chi connectivity index (χ4n) is 1.51. The van der Waals surface area contributed by atoms with Gasteiger partial charge in [-0.3, -0.25) is 0 Å². The van der Waals surface area contributed by atoms with Gasteiger partial charge in [-0.05, 0) is 24.6 Å². The summed E-state index contributed by atoms with van der Waals surface area (Å²) < 4.78 is 7.60. The lowest BCUT2D eigenvalue weighted by Crippen LogP contribution is -2.07. The molecular formula is C13H13N3O. The van der Waals surface area contributed by atoms with Gasteiger partial charge in [0.1, 0.15) is 12.4 Å². The van der Waals surface area contributed by atoms with Gasteiger partial charge < -0.3 is 9.30 Å². The SMILES string of the molecule is Cc1ccc(C#N)cc1OCCn1ccnc1.